The second kappa shape index (κ2) is 12.1. The third kappa shape index (κ3) is 6.07. The maximum absolute atomic E-state index is 14.5. The van der Waals surface area contributed by atoms with Crippen LogP contribution >= 0.6 is 0 Å². The Labute approximate surface area is 239 Å². The van der Waals surface area contributed by atoms with Crippen molar-refractivity contribution < 1.29 is 18.4 Å². The SMILES string of the molecule is COc1cc(N2CCC(N3CCN(C)CC3)CC2)ccc1Nc1cc(N2OCC[C@@H]2c2ccc(F)cc2F)ncn1. The van der Waals surface area contributed by atoms with Crippen LogP contribution in [0.3, 0.4) is 0 Å². The van der Waals surface area contributed by atoms with E-state index in [1.807, 2.05) is 6.07 Å². The van der Waals surface area contributed by atoms with Crippen LogP contribution in [0.15, 0.2) is 48.8 Å². The number of nitrogens with one attached hydrogen (secondary N) is 1. The van der Waals surface area contributed by atoms with Gasteiger partial charge < -0.3 is 19.9 Å². The van der Waals surface area contributed by atoms with Crippen molar-refractivity contribution in [3.63, 3.8) is 0 Å². The normalized spacial score (nSPS) is 20.9. The number of hydroxylamine groups is 1. The fourth-order valence-electron chi connectivity index (χ4n) is 6.08. The summed E-state index contributed by atoms with van der Waals surface area (Å²) in [5.74, 6) is 0.523. The van der Waals surface area contributed by atoms with E-state index >= 15 is 0 Å². The van der Waals surface area contributed by atoms with Gasteiger partial charge in [0.15, 0.2) is 5.82 Å². The zero-order valence-corrected chi connectivity index (χ0v) is 23.6. The number of aromatic nitrogens is 2. The lowest BCUT2D eigenvalue weighted by Gasteiger charge is -2.42. The summed E-state index contributed by atoms with van der Waals surface area (Å²) < 4.78 is 33.8. The first-order valence-electron chi connectivity index (χ1n) is 14.3. The van der Waals surface area contributed by atoms with Crippen molar-refractivity contribution in [3.8, 4) is 5.75 Å². The van der Waals surface area contributed by atoms with Gasteiger partial charge in [-0.1, -0.05) is 6.07 Å². The van der Waals surface area contributed by atoms with Gasteiger partial charge in [-0.2, -0.15) is 0 Å². The lowest BCUT2D eigenvalue weighted by atomic mass is 10.0. The molecule has 3 aromatic rings. The maximum atomic E-state index is 14.5. The van der Waals surface area contributed by atoms with E-state index < -0.39 is 17.7 Å². The molecule has 0 radical (unpaired) electrons. The molecule has 1 atom stereocenters. The first-order valence-corrected chi connectivity index (χ1v) is 14.3. The molecule has 11 heteroatoms. The summed E-state index contributed by atoms with van der Waals surface area (Å²) in [5.41, 5.74) is 2.28. The van der Waals surface area contributed by atoms with Gasteiger partial charge >= 0.3 is 0 Å². The summed E-state index contributed by atoms with van der Waals surface area (Å²) in [6.45, 7) is 7.07. The van der Waals surface area contributed by atoms with Crippen molar-refractivity contribution >= 4 is 23.0 Å². The quantitative estimate of drug-likeness (QED) is 0.443. The highest BCUT2D eigenvalue weighted by molar-refractivity contribution is 5.70. The molecule has 0 aliphatic carbocycles. The molecule has 41 heavy (non-hydrogen) atoms. The van der Waals surface area contributed by atoms with E-state index in [1.165, 1.54) is 18.5 Å². The number of hydrogen-bond donors (Lipinski definition) is 1. The first-order chi connectivity index (χ1) is 20.0. The van der Waals surface area contributed by atoms with E-state index in [0.29, 0.717) is 42.0 Å². The summed E-state index contributed by atoms with van der Waals surface area (Å²) in [5, 5.41) is 4.90. The second-order valence-electron chi connectivity index (χ2n) is 11.0. The number of rotatable bonds is 7. The monoisotopic (exact) mass is 565 g/mol. The predicted molar refractivity (Wildman–Crippen MR) is 155 cm³/mol. The largest absolute Gasteiger partial charge is 0.494 e. The zero-order chi connectivity index (χ0) is 28.3. The Balaban J connectivity index is 1.13. The number of piperidine rings is 1. The molecule has 218 valence electrons. The van der Waals surface area contributed by atoms with E-state index in [9.17, 15) is 8.78 Å². The van der Waals surface area contributed by atoms with Crippen LogP contribution in [0.4, 0.5) is 31.8 Å². The van der Waals surface area contributed by atoms with Crippen LogP contribution < -0.4 is 20.0 Å². The van der Waals surface area contributed by atoms with E-state index in [-0.39, 0.29) is 0 Å². The van der Waals surface area contributed by atoms with Crippen LogP contribution in [-0.4, -0.2) is 85.8 Å². The molecule has 0 spiro atoms. The van der Waals surface area contributed by atoms with Crippen LogP contribution in [-0.2, 0) is 4.84 Å². The van der Waals surface area contributed by atoms with Crippen LogP contribution in [0, 0.1) is 11.6 Å². The molecule has 1 aromatic heterocycles. The van der Waals surface area contributed by atoms with Crippen LogP contribution in [0.1, 0.15) is 30.9 Å². The van der Waals surface area contributed by atoms with Gasteiger partial charge in [0.25, 0.3) is 0 Å². The average Bonchev–Trinajstić information content (AvgIpc) is 3.48. The third-order valence-electron chi connectivity index (χ3n) is 8.44. The van der Waals surface area contributed by atoms with Gasteiger partial charge in [-0.15, -0.1) is 0 Å². The minimum Gasteiger partial charge on any atom is -0.494 e. The highest BCUT2D eigenvalue weighted by Gasteiger charge is 2.31. The first kappa shape index (κ1) is 27.6. The Morgan fingerprint density at radius 1 is 0.927 bits per heavy atom. The molecule has 6 rings (SSSR count). The Hall–Kier alpha value is -3.54. The molecular formula is C30H37F2N7O2. The topological polar surface area (TPSA) is 69.2 Å². The number of ether oxygens (including phenoxy) is 1. The highest BCUT2D eigenvalue weighted by Crippen LogP contribution is 2.37. The van der Waals surface area contributed by atoms with E-state index in [0.717, 1.165) is 69.6 Å². The van der Waals surface area contributed by atoms with Crippen molar-refractivity contribution in [1.29, 1.82) is 0 Å². The fraction of sp³-hybridized carbons (Fsp3) is 0.467. The van der Waals surface area contributed by atoms with Crippen molar-refractivity contribution in [3.05, 3.63) is 66.0 Å². The van der Waals surface area contributed by atoms with Crippen LogP contribution in [0.2, 0.25) is 0 Å². The van der Waals surface area contributed by atoms with E-state index in [2.05, 4.69) is 49.2 Å². The zero-order valence-electron chi connectivity index (χ0n) is 23.6. The number of benzene rings is 2. The van der Waals surface area contributed by atoms with Crippen molar-refractivity contribution in [2.24, 2.45) is 0 Å². The standard InChI is InChI=1S/C30H37F2N7O2/c1-36-12-14-38(15-13-36)22-7-10-37(11-8-22)23-4-6-26(28(18-23)40-2)35-29-19-30(34-20-33-29)39-27(9-16-41-39)24-5-3-21(31)17-25(24)32/h3-6,17-20,22,27H,7-16H2,1-2H3,(H,33,34,35)/t27-/m1/s1. The highest BCUT2D eigenvalue weighted by atomic mass is 19.1. The van der Waals surface area contributed by atoms with Gasteiger partial charge in [-0.25, -0.2) is 23.8 Å². The summed E-state index contributed by atoms with van der Waals surface area (Å²) in [6, 6.07) is 11.8. The van der Waals surface area contributed by atoms with Crippen molar-refractivity contribution in [1.82, 2.24) is 19.8 Å². The molecule has 3 fully saturated rings. The van der Waals surface area contributed by atoms with E-state index in [4.69, 9.17) is 9.57 Å². The fourth-order valence-corrected chi connectivity index (χ4v) is 6.08. The van der Waals surface area contributed by atoms with Gasteiger partial charge in [0, 0.05) is 81.2 Å². The van der Waals surface area contributed by atoms with Gasteiger partial charge in [0.2, 0.25) is 0 Å². The summed E-state index contributed by atoms with van der Waals surface area (Å²) in [6.07, 6.45) is 4.31. The summed E-state index contributed by atoms with van der Waals surface area (Å²) >= 11 is 0. The molecule has 9 nitrogen and oxygen atoms in total. The van der Waals surface area contributed by atoms with Gasteiger partial charge in [-0.3, -0.25) is 9.74 Å². The number of nitrogens with zero attached hydrogens (tertiary/aromatic N) is 6. The Kier molecular flexibility index (Phi) is 8.18. The molecule has 3 aliphatic heterocycles. The van der Waals surface area contributed by atoms with Crippen molar-refractivity contribution in [2.75, 3.05) is 75.3 Å². The molecule has 4 heterocycles. The van der Waals surface area contributed by atoms with Gasteiger partial charge in [0.05, 0.1) is 25.4 Å². The molecule has 0 unspecified atom stereocenters. The lowest BCUT2D eigenvalue weighted by Crippen LogP contribution is -2.52. The minimum atomic E-state index is -0.611. The number of piperazine rings is 1. The number of halogens is 2. The number of anilines is 4. The molecule has 0 amide bonds. The Bertz CT molecular complexity index is 1350. The Morgan fingerprint density at radius 2 is 1.73 bits per heavy atom. The third-order valence-corrected chi connectivity index (χ3v) is 8.44. The minimum absolute atomic E-state index is 0.363. The number of likely N-dealkylation sites (N-methyl/N-ethyl adjacent to an activating group) is 1. The maximum Gasteiger partial charge on any atom is 0.158 e. The molecular weight excluding hydrogens is 528 g/mol. The molecule has 3 saturated heterocycles. The molecule has 3 aliphatic rings. The molecule has 1 N–H and O–H groups in total. The summed E-state index contributed by atoms with van der Waals surface area (Å²) in [4.78, 5) is 22.0. The Morgan fingerprint density at radius 3 is 2.49 bits per heavy atom. The smallest absolute Gasteiger partial charge is 0.158 e. The summed E-state index contributed by atoms with van der Waals surface area (Å²) in [7, 11) is 3.86. The van der Waals surface area contributed by atoms with Gasteiger partial charge in [-0.05, 0) is 38.1 Å². The lowest BCUT2D eigenvalue weighted by molar-refractivity contribution is 0.0982. The molecule has 0 bridgehead atoms. The van der Waals surface area contributed by atoms with Crippen LogP contribution in [0.5, 0.6) is 5.75 Å². The van der Waals surface area contributed by atoms with Crippen LogP contribution in [0.25, 0.3) is 0 Å². The van der Waals surface area contributed by atoms with Gasteiger partial charge in [0.1, 0.15) is 29.5 Å². The predicted octanol–water partition coefficient (Wildman–Crippen LogP) is 4.61. The second-order valence-corrected chi connectivity index (χ2v) is 11.0. The molecule has 0 saturated carbocycles. The molecule has 2 aromatic carbocycles. The van der Waals surface area contributed by atoms with E-state index in [1.54, 1.807) is 18.2 Å². The number of hydrogen-bond acceptors (Lipinski definition) is 9. The average molecular weight is 566 g/mol. The van der Waals surface area contributed by atoms with Crippen molar-refractivity contribution in [2.45, 2.75) is 31.3 Å². The number of methoxy groups -OCH3 is 1.